The van der Waals surface area contributed by atoms with Gasteiger partial charge in [0.05, 0.1) is 12.0 Å². The van der Waals surface area contributed by atoms with Gasteiger partial charge in [0.2, 0.25) is 5.91 Å². The molecule has 6 heteroatoms. The highest BCUT2D eigenvalue weighted by Crippen LogP contribution is 2.25. The Morgan fingerprint density at radius 3 is 2.89 bits per heavy atom. The lowest BCUT2D eigenvalue weighted by Crippen LogP contribution is -2.48. The quantitative estimate of drug-likeness (QED) is 0.707. The molecule has 0 aromatic rings. The van der Waals surface area contributed by atoms with Gasteiger partial charge in [0, 0.05) is 51.3 Å². The van der Waals surface area contributed by atoms with Crippen LogP contribution in [0.4, 0.5) is 0 Å². The molecule has 2 aliphatic rings. The van der Waals surface area contributed by atoms with Gasteiger partial charge in [-0.3, -0.25) is 9.69 Å². The number of nitrogens with one attached hydrogen (secondary N) is 2. The highest BCUT2D eigenvalue weighted by atomic mass is 32.2. The molecule has 19 heavy (non-hydrogen) atoms. The van der Waals surface area contributed by atoms with E-state index >= 15 is 0 Å². The first-order valence-corrected chi connectivity index (χ1v) is 8.20. The molecule has 0 radical (unpaired) electrons. The van der Waals surface area contributed by atoms with Crippen molar-refractivity contribution < 1.29 is 9.53 Å². The Morgan fingerprint density at radius 1 is 1.47 bits per heavy atom. The molecule has 2 heterocycles. The molecule has 2 rings (SSSR count). The number of carbonyl (C=O) groups is 1. The van der Waals surface area contributed by atoms with Crippen molar-refractivity contribution in [3.63, 3.8) is 0 Å². The molecular weight excluding hydrogens is 262 g/mol. The molecule has 0 aromatic heterocycles. The highest BCUT2D eigenvalue weighted by Gasteiger charge is 2.41. The van der Waals surface area contributed by atoms with Gasteiger partial charge in [-0.1, -0.05) is 0 Å². The number of methoxy groups -OCH3 is 1. The Kier molecular flexibility index (Phi) is 5.94. The van der Waals surface area contributed by atoms with Gasteiger partial charge in [0.1, 0.15) is 0 Å². The van der Waals surface area contributed by atoms with Crippen LogP contribution in [0.15, 0.2) is 0 Å². The number of hydrogen-bond donors (Lipinski definition) is 2. The summed E-state index contributed by atoms with van der Waals surface area (Å²) in [4.78, 5) is 14.8. The van der Waals surface area contributed by atoms with E-state index in [1.165, 1.54) is 11.5 Å². The molecule has 2 N–H and O–H groups in total. The first-order valence-electron chi connectivity index (χ1n) is 7.05. The highest BCUT2D eigenvalue weighted by molar-refractivity contribution is 7.99. The number of nitrogens with zero attached hydrogens (tertiary/aromatic N) is 1. The molecule has 2 fully saturated rings. The van der Waals surface area contributed by atoms with Crippen LogP contribution in [0.25, 0.3) is 0 Å². The zero-order valence-electron chi connectivity index (χ0n) is 11.7. The summed E-state index contributed by atoms with van der Waals surface area (Å²) in [7, 11) is 1.67. The summed E-state index contributed by atoms with van der Waals surface area (Å²) in [6.07, 6.45) is 0.868. The molecule has 1 unspecified atom stereocenters. The van der Waals surface area contributed by atoms with Gasteiger partial charge < -0.3 is 15.4 Å². The van der Waals surface area contributed by atoms with Crippen molar-refractivity contribution in [1.82, 2.24) is 15.5 Å². The predicted molar refractivity (Wildman–Crippen MR) is 78.6 cm³/mol. The predicted octanol–water partition coefficient (Wildman–Crippen LogP) is -0.222. The van der Waals surface area contributed by atoms with E-state index in [-0.39, 0.29) is 11.3 Å². The second-order valence-electron chi connectivity index (χ2n) is 5.35. The number of thioether (sulfide) groups is 1. The third kappa shape index (κ3) is 4.08. The van der Waals surface area contributed by atoms with E-state index in [1.807, 2.05) is 11.8 Å². The molecule has 1 amide bonds. The van der Waals surface area contributed by atoms with Crippen molar-refractivity contribution in [2.45, 2.75) is 6.42 Å². The van der Waals surface area contributed by atoms with Gasteiger partial charge >= 0.3 is 0 Å². The van der Waals surface area contributed by atoms with E-state index in [1.54, 1.807) is 7.11 Å². The largest absolute Gasteiger partial charge is 0.384 e. The zero-order chi connectivity index (χ0) is 13.6. The zero-order valence-corrected chi connectivity index (χ0v) is 12.6. The number of amides is 1. The van der Waals surface area contributed by atoms with E-state index in [2.05, 4.69) is 15.5 Å². The van der Waals surface area contributed by atoms with E-state index < -0.39 is 0 Å². The van der Waals surface area contributed by atoms with E-state index in [0.717, 1.165) is 45.7 Å². The lowest BCUT2D eigenvalue weighted by molar-refractivity contribution is -0.133. The lowest BCUT2D eigenvalue weighted by atomic mass is 9.87. The van der Waals surface area contributed by atoms with Crippen LogP contribution < -0.4 is 10.6 Å². The van der Waals surface area contributed by atoms with Crippen molar-refractivity contribution in [3.8, 4) is 0 Å². The van der Waals surface area contributed by atoms with Gasteiger partial charge in [-0.15, -0.1) is 0 Å². The summed E-state index contributed by atoms with van der Waals surface area (Å²) in [6, 6.07) is 0. The third-order valence-electron chi connectivity index (χ3n) is 3.96. The van der Waals surface area contributed by atoms with Gasteiger partial charge in [-0.2, -0.15) is 11.8 Å². The molecule has 110 valence electrons. The van der Waals surface area contributed by atoms with Crippen LogP contribution >= 0.6 is 11.8 Å². The van der Waals surface area contributed by atoms with Crippen molar-refractivity contribution in [3.05, 3.63) is 0 Å². The average Bonchev–Trinajstić information content (AvgIpc) is 2.90. The standard InChI is InChI=1S/C13H25N3O2S/c1-18-11-13(2-3-14-10-13)12(17)15-4-5-16-6-8-19-9-7-16/h14H,2-11H2,1H3,(H,15,17). The van der Waals surface area contributed by atoms with Crippen molar-refractivity contribution >= 4 is 17.7 Å². The molecule has 0 bridgehead atoms. The molecular formula is C13H25N3O2S. The van der Waals surface area contributed by atoms with Gasteiger partial charge in [0.25, 0.3) is 0 Å². The number of carbonyl (C=O) groups excluding carboxylic acids is 1. The number of ether oxygens (including phenoxy) is 1. The lowest BCUT2D eigenvalue weighted by Gasteiger charge is -2.28. The smallest absolute Gasteiger partial charge is 0.229 e. The first kappa shape index (κ1) is 15.1. The maximum atomic E-state index is 12.3. The van der Waals surface area contributed by atoms with Gasteiger partial charge in [-0.05, 0) is 13.0 Å². The third-order valence-corrected chi connectivity index (χ3v) is 4.91. The molecule has 2 aliphatic heterocycles. The monoisotopic (exact) mass is 287 g/mol. The molecule has 5 nitrogen and oxygen atoms in total. The SMILES string of the molecule is COCC1(C(=O)NCCN2CCSCC2)CCNC1. The fourth-order valence-electron chi connectivity index (χ4n) is 2.74. The minimum Gasteiger partial charge on any atom is -0.384 e. The van der Waals surface area contributed by atoms with E-state index in [0.29, 0.717) is 6.61 Å². The summed E-state index contributed by atoms with van der Waals surface area (Å²) in [5.74, 6) is 2.57. The van der Waals surface area contributed by atoms with Crippen LogP contribution in [0.5, 0.6) is 0 Å². The van der Waals surface area contributed by atoms with Gasteiger partial charge in [-0.25, -0.2) is 0 Å². The van der Waals surface area contributed by atoms with Gasteiger partial charge in [0.15, 0.2) is 0 Å². The van der Waals surface area contributed by atoms with E-state index in [9.17, 15) is 4.79 Å². The first-order chi connectivity index (χ1) is 9.27. The van der Waals surface area contributed by atoms with Crippen molar-refractivity contribution in [2.75, 3.05) is 64.5 Å². The second-order valence-corrected chi connectivity index (χ2v) is 6.57. The Balaban J connectivity index is 1.73. The van der Waals surface area contributed by atoms with Crippen LogP contribution in [0.1, 0.15) is 6.42 Å². The van der Waals surface area contributed by atoms with Crippen molar-refractivity contribution in [1.29, 1.82) is 0 Å². The summed E-state index contributed by atoms with van der Waals surface area (Å²) in [6.45, 7) is 6.13. The molecule has 0 spiro atoms. The maximum absolute atomic E-state index is 12.3. The molecule has 1 atom stereocenters. The van der Waals surface area contributed by atoms with Crippen LogP contribution in [0, 0.1) is 5.41 Å². The summed E-state index contributed by atoms with van der Waals surface area (Å²) in [5, 5.41) is 6.35. The van der Waals surface area contributed by atoms with Crippen LogP contribution in [0.3, 0.4) is 0 Å². The Labute approximate surface area is 119 Å². The minimum absolute atomic E-state index is 0.144. The fraction of sp³-hybridized carbons (Fsp3) is 0.923. The topological polar surface area (TPSA) is 53.6 Å². The van der Waals surface area contributed by atoms with Crippen LogP contribution in [-0.2, 0) is 9.53 Å². The van der Waals surface area contributed by atoms with E-state index in [4.69, 9.17) is 4.74 Å². The maximum Gasteiger partial charge on any atom is 0.229 e. The summed E-state index contributed by atoms with van der Waals surface area (Å²) < 4.78 is 5.23. The summed E-state index contributed by atoms with van der Waals surface area (Å²) in [5.41, 5.74) is -0.355. The number of rotatable bonds is 6. The number of hydrogen-bond acceptors (Lipinski definition) is 5. The normalized spacial score (nSPS) is 28.5. The molecule has 2 saturated heterocycles. The fourth-order valence-corrected chi connectivity index (χ4v) is 3.72. The minimum atomic E-state index is -0.355. The second kappa shape index (κ2) is 7.47. The van der Waals surface area contributed by atoms with Crippen molar-refractivity contribution in [2.24, 2.45) is 5.41 Å². The summed E-state index contributed by atoms with van der Waals surface area (Å²) >= 11 is 2.01. The molecule has 0 aromatic carbocycles. The molecule has 0 saturated carbocycles. The van der Waals surface area contributed by atoms with Crippen LogP contribution in [0.2, 0.25) is 0 Å². The van der Waals surface area contributed by atoms with Crippen LogP contribution in [-0.4, -0.2) is 75.3 Å². The molecule has 0 aliphatic carbocycles. The Morgan fingerprint density at radius 2 is 2.26 bits per heavy atom. The average molecular weight is 287 g/mol. The Bertz CT molecular complexity index is 290. The Hall–Kier alpha value is -0.300.